The summed E-state index contributed by atoms with van der Waals surface area (Å²) in [5.41, 5.74) is -3.79. The maximum atomic E-state index is 15.4. The number of anilines is 2. The molecule has 71 heavy (non-hydrogen) atoms. The van der Waals surface area contributed by atoms with E-state index in [2.05, 4.69) is 20.6 Å². The summed E-state index contributed by atoms with van der Waals surface area (Å²) in [5.74, 6) is -5.27. The van der Waals surface area contributed by atoms with Crippen molar-refractivity contribution >= 4 is 63.7 Å². The number of nitrogens with one attached hydrogen (secondary N) is 2. The van der Waals surface area contributed by atoms with Crippen LogP contribution in [0.15, 0.2) is 54.2 Å². The Hall–Kier alpha value is -6.29. The van der Waals surface area contributed by atoms with Crippen LogP contribution < -0.4 is 25.2 Å². The number of likely N-dealkylation sites (tertiary alicyclic amines) is 1. The molecule has 0 radical (unpaired) electrons. The van der Waals surface area contributed by atoms with Gasteiger partial charge in [-0.2, -0.15) is 31.6 Å². The lowest BCUT2D eigenvalue weighted by molar-refractivity contribution is -0.144. The van der Waals surface area contributed by atoms with Crippen molar-refractivity contribution in [3.63, 3.8) is 0 Å². The van der Waals surface area contributed by atoms with Gasteiger partial charge in [0.2, 0.25) is 23.6 Å². The molecule has 2 aliphatic rings. The highest BCUT2D eigenvalue weighted by molar-refractivity contribution is 7.81. The number of amides is 4. The lowest BCUT2D eigenvalue weighted by Gasteiger charge is -2.35. The van der Waals surface area contributed by atoms with Crippen molar-refractivity contribution in [3.05, 3.63) is 87.9 Å². The monoisotopic (exact) mass is 1030 g/mol. The van der Waals surface area contributed by atoms with Crippen molar-refractivity contribution in [1.29, 1.82) is 5.26 Å². The molecule has 380 valence electrons. The van der Waals surface area contributed by atoms with Gasteiger partial charge < -0.3 is 34.6 Å². The third kappa shape index (κ3) is 12.1. The SMILES string of the molecule is Cc1ncsc1-c1ccc(CNC(=O)[C@@H]2CCCN2C(=O)[C@@H](NC(=O)COCCOCCOc2ncc(N3C(=S)N(c4ccc(C#N)c(C(F)(F)F)c4F)C(=O)C3(C)C)cc2C(F)(F)F)C(C)(C)C)cc1. The predicted octanol–water partition coefficient (Wildman–Crippen LogP) is 7.73. The molecule has 0 aliphatic carbocycles. The van der Waals surface area contributed by atoms with Crippen molar-refractivity contribution in [2.24, 2.45) is 5.41 Å². The molecule has 2 saturated heterocycles. The molecule has 2 atom stereocenters. The van der Waals surface area contributed by atoms with Gasteiger partial charge in [-0.15, -0.1) is 11.3 Å². The summed E-state index contributed by atoms with van der Waals surface area (Å²) in [6.45, 7) is 8.87. The number of hydrogen-bond donors (Lipinski definition) is 2. The van der Waals surface area contributed by atoms with Crippen molar-refractivity contribution < 1.29 is 64.1 Å². The second-order valence-electron chi connectivity index (χ2n) is 18.0. The number of carbonyl (C=O) groups excluding carboxylic acids is 4. The summed E-state index contributed by atoms with van der Waals surface area (Å²) < 4.78 is 116. The van der Waals surface area contributed by atoms with Crippen LogP contribution in [0.25, 0.3) is 10.4 Å². The number of pyridine rings is 1. The number of nitriles is 1. The molecular weight excluding hydrogens is 986 g/mol. The van der Waals surface area contributed by atoms with Crippen molar-refractivity contribution in [2.75, 3.05) is 49.4 Å². The van der Waals surface area contributed by atoms with Gasteiger partial charge in [-0.25, -0.2) is 14.4 Å². The third-order valence-electron chi connectivity index (χ3n) is 11.6. The highest BCUT2D eigenvalue weighted by Gasteiger charge is 2.53. The molecule has 15 nitrogen and oxygen atoms in total. The molecule has 4 heterocycles. The van der Waals surface area contributed by atoms with Crippen LogP contribution in [0.3, 0.4) is 0 Å². The second-order valence-corrected chi connectivity index (χ2v) is 19.3. The number of aromatic nitrogens is 2. The molecule has 2 fully saturated rings. The number of nitrogens with zero attached hydrogens (tertiary/aromatic N) is 6. The van der Waals surface area contributed by atoms with Crippen LogP contribution in [0.5, 0.6) is 5.88 Å². The first-order valence-corrected chi connectivity index (χ1v) is 23.3. The fourth-order valence-electron chi connectivity index (χ4n) is 7.99. The van der Waals surface area contributed by atoms with Gasteiger partial charge >= 0.3 is 12.4 Å². The number of halogens is 7. The summed E-state index contributed by atoms with van der Waals surface area (Å²) >= 11 is 6.87. The first kappa shape index (κ1) is 54.1. The fraction of sp³-hybridized carbons (Fsp3) is 0.447. The first-order valence-electron chi connectivity index (χ1n) is 22.0. The number of aryl methyl sites for hydroxylation is 1. The van der Waals surface area contributed by atoms with Crippen LogP contribution in [0.2, 0.25) is 0 Å². The van der Waals surface area contributed by atoms with Gasteiger partial charge in [0.1, 0.15) is 42.0 Å². The Morgan fingerprint density at radius 3 is 2.28 bits per heavy atom. The van der Waals surface area contributed by atoms with E-state index < -0.39 is 111 Å². The Bertz CT molecular complexity index is 2700. The summed E-state index contributed by atoms with van der Waals surface area (Å²) in [7, 11) is 0. The van der Waals surface area contributed by atoms with Gasteiger partial charge in [0, 0.05) is 13.1 Å². The summed E-state index contributed by atoms with van der Waals surface area (Å²) in [5, 5.41) is 14.1. The van der Waals surface area contributed by atoms with E-state index in [1.807, 2.05) is 31.2 Å². The van der Waals surface area contributed by atoms with E-state index in [0.717, 1.165) is 38.9 Å². The quantitative estimate of drug-likeness (QED) is 0.0599. The number of ether oxygens (including phenoxy) is 3. The average Bonchev–Trinajstić information content (AvgIpc) is 4.01. The van der Waals surface area contributed by atoms with Gasteiger partial charge in [-0.3, -0.25) is 24.1 Å². The minimum atomic E-state index is -5.34. The standard InChI is InChI=1S/C47H49F7N8O7S2/c1-26-37(71-25-58-26)28-11-9-27(10-12-28)22-56-39(64)33-8-7-15-60(33)41(65)38(44(2,3)4)59-34(63)24-68-17-16-67-18-19-69-40-31(46(49,50)51)20-30(23-57-40)62-43(70)61(42(66)45(62,5)6)32-14-13-29(21-55)35(36(32)48)47(52,53)54/h9-14,20,23,25,33,38H,7-8,15-19,22,24H2,1-6H3,(H,56,64)(H,59,63)/t33-,38+/m0/s1. The molecule has 24 heteroatoms. The van der Waals surface area contributed by atoms with Crippen LogP contribution in [-0.2, 0) is 47.5 Å². The summed E-state index contributed by atoms with van der Waals surface area (Å²) in [6.07, 6.45) is -8.49. The summed E-state index contributed by atoms with van der Waals surface area (Å²) in [6, 6.07) is 9.25. The first-order chi connectivity index (χ1) is 33.3. The maximum Gasteiger partial charge on any atom is 0.421 e. The molecule has 2 aliphatic heterocycles. The molecule has 0 unspecified atom stereocenters. The number of rotatable bonds is 17. The number of carbonyl (C=O) groups is 4. The van der Waals surface area contributed by atoms with Crippen LogP contribution >= 0.6 is 23.6 Å². The van der Waals surface area contributed by atoms with E-state index >= 15 is 4.39 Å². The smallest absolute Gasteiger partial charge is 0.421 e. The zero-order valence-electron chi connectivity index (χ0n) is 39.2. The molecule has 2 aromatic carbocycles. The maximum absolute atomic E-state index is 15.4. The van der Waals surface area contributed by atoms with Crippen molar-refractivity contribution in [3.8, 4) is 22.4 Å². The third-order valence-corrected chi connectivity index (χ3v) is 12.9. The van der Waals surface area contributed by atoms with Gasteiger partial charge in [0.25, 0.3) is 5.91 Å². The molecule has 2 N–H and O–H groups in total. The molecule has 4 amide bonds. The van der Waals surface area contributed by atoms with Crippen molar-refractivity contribution in [1.82, 2.24) is 25.5 Å². The largest absolute Gasteiger partial charge is 0.475 e. The Balaban J connectivity index is 0.975. The van der Waals surface area contributed by atoms with E-state index in [9.17, 15) is 45.5 Å². The van der Waals surface area contributed by atoms with E-state index in [0.29, 0.717) is 36.4 Å². The topological polar surface area (TPSA) is 179 Å². The van der Waals surface area contributed by atoms with Crippen molar-refractivity contribution in [2.45, 2.75) is 90.9 Å². The Kier molecular flexibility index (Phi) is 16.4. The average molecular weight is 1040 g/mol. The molecular formula is C47H49F7N8O7S2. The molecule has 6 rings (SSSR count). The number of thiazole rings is 1. The van der Waals surface area contributed by atoms with Gasteiger partial charge in [-0.05, 0) is 80.6 Å². The van der Waals surface area contributed by atoms with E-state index in [1.54, 1.807) is 37.6 Å². The van der Waals surface area contributed by atoms with Crippen LogP contribution in [-0.4, -0.2) is 101 Å². The Morgan fingerprint density at radius 2 is 1.66 bits per heavy atom. The van der Waals surface area contributed by atoms with E-state index in [4.69, 9.17) is 31.7 Å². The number of thiocarbonyl (C=S) groups is 1. The fourth-order valence-corrected chi connectivity index (χ4v) is 9.32. The highest BCUT2D eigenvalue weighted by Crippen LogP contribution is 2.44. The van der Waals surface area contributed by atoms with Gasteiger partial charge in [0.05, 0.1) is 65.1 Å². The Labute approximate surface area is 413 Å². The molecule has 0 bridgehead atoms. The van der Waals surface area contributed by atoms with Gasteiger partial charge in [-0.1, -0.05) is 45.0 Å². The predicted molar refractivity (Wildman–Crippen MR) is 249 cm³/mol. The normalized spacial score (nSPS) is 16.6. The summed E-state index contributed by atoms with van der Waals surface area (Å²) in [4.78, 5) is 65.8. The highest BCUT2D eigenvalue weighted by atomic mass is 32.1. The molecule has 0 saturated carbocycles. The number of alkyl halides is 6. The molecule has 0 spiro atoms. The lowest BCUT2D eigenvalue weighted by Crippen LogP contribution is -2.58. The zero-order chi connectivity index (χ0) is 52.2. The van der Waals surface area contributed by atoms with Crippen LogP contribution in [0.4, 0.5) is 42.1 Å². The number of hydrogen-bond acceptors (Lipinski definition) is 12. The lowest BCUT2D eigenvalue weighted by atomic mass is 9.85. The van der Waals surface area contributed by atoms with E-state index in [-0.39, 0.29) is 32.3 Å². The Morgan fingerprint density at radius 1 is 0.986 bits per heavy atom. The minimum Gasteiger partial charge on any atom is -0.475 e. The van der Waals surface area contributed by atoms with Crippen LogP contribution in [0, 0.1) is 29.5 Å². The zero-order valence-corrected chi connectivity index (χ0v) is 40.9. The second kappa shape index (κ2) is 21.6. The number of benzene rings is 2. The molecule has 2 aromatic heterocycles. The molecule has 4 aromatic rings. The van der Waals surface area contributed by atoms with Crippen LogP contribution in [0.1, 0.15) is 75.4 Å². The van der Waals surface area contributed by atoms with E-state index in [1.165, 1.54) is 24.8 Å². The van der Waals surface area contributed by atoms with Gasteiger partial charge in [0.15, 0.2) is 10.9 Å². The minimum absolute atomic E-state index is 0.117.